The van der Waals surface area contributed by atoms with Crippen molar-refractivity contribution in [2.75, 3.05) is 4.90 Å². The van der Waals surface area contributed by atoms with E-state index in [1.807, 2.05) is 36.5 Å². The molecule has 3 heterocycles. The number of para-hydroxylation sites is 1. The number of ether oxygens (including phenoxy) is 1. The van der Waals surface area contributed by atoms with E-state index in [9.17, 15) is 0 Å². The lowest BCUT2D eigenvalue weighted by Crippen LogP contribution is -2.29. The third kappa shape index (κ3) is 4.56. The predicted octanol–water partition coefficient (Wildman–Crippen LogP) is 7.64. The largest absolute Gasteiger partial charge is 0.490 e. The van der Waals surface area contributed by atoms with Crippen LogP contribution in [0.4, 0.5) is 5.69 Å². The molecule has 6 rings (SSSR count). The molecule has 1 aliphatic heterocycles. The summed E-state index contributed by atoms with van der Waals surface area (Å²) in [4.78, 5) is 6.92. The fourth-order valence-electron chi connectivity index (χ4n) is 5.92. The number of nitrogens with zero attached hydrogens (tertiary/aromatic N) is 3. The first-order valence-corrected chi connectivity index (χ1v) is 14.0. The third-order valence-electron chi connectivity index (χ3n) is 7.70. The van der Waals surface area contributed by atoms with E-state index in [1.165, 1.54) is 18.4 Å². The molecule has 2 aromatic carbocycles. The molecule has 7 heteroatoms. The SMILES string of the molecule is Cc1cc([C@H]2[C@H](c3ccccn3)NC(=S)N2c2ccc(OC3CCCC3)cc2)c(C)n1-c1ccccc1Cl. The molecule has 5 nitrogen and oxygen atoms in total. The predicted molar refractivity (Wildman–Crippen MR) is 158 cm³/mol. The summed E-state index contributed by atoms with van der Waals surface area (Å²) >= 11 is 12.6. The first kappa shape index (κ1) is 25.0. The summed E-state index contributed by atoms with van der Waals surface area (Å²) < 4.78 is 8.45. The lowest BCUT2D eigenvalue weighted by molar-refractivity contribution is 0.210. The van der Waals surface area contributed by atoms with E-state index < -0.39 is 0 Å². The smallest absolute Gasteiger partial charge is 0.174 e. The van der Waals surface area contributed by atoms with Crippen molar-refractivity contribution < 1.29 is 4.74 Å². The molecule has 1 aliphatic carbocycles. The summed E-state index contributed by atoms with van der Waals surface area (Å²) in [5.74, 6) is 0.911. The summed E-state index contributed by atoms with van der Waals surface area (Å²) in [7, 11) is 0. The van der Waals surface area contributed by atoms with Gasteiger partial charge in [0.1, 0.15) is 5.75 Å². The van der Waals surface area contributed by atoms with Crippen molar-refractivity contribution >= 4 is 34.6 Å². The molecule has 0 spiro atoms. The first-order chi connectivity index (χ1) is 18.5. The Hall–Kier alpha value is -3.35. The highest BCUT2D eigenvalue weighted by Crippen LogP contribution is 2.44. The highest BCUT2D eigenvalue weighted by atomic mass is 35.5. The molecular weight excluding hydrogens is 512 g/mol. The van der Waals surface area contributed by atoms with E-state index in [4.69, 9.17) is 33.5 Å². The molecule has 1 saturated heterocycles. The number of anilines is 1. The minimum Gasteiger partial charge on any atom is -0.490 e. The van der Waals surface area contributed by atoms with E-state index in [0.717, 1.165) is 52.1 Å². The van der Waals surface area contributed by atoms with Crippen LogP contribution in [0.25, 0.3) is 5.69 Å². The van der Waals surface area contributed by atoms with Crippen LogP contribution in [0.3, 0.4) is 0 Å². The van der Waals surface area contributed by atoms with Crippen LogP contribution in [-0.4, -0.2) is 20.8 Å². The van der Waals surface area contributed by atoms with Crippen molar-refractivity contribution in [1.82, 2.24) is 14.9 Å². The number of halogens is 1. The summed E-state index contributed by atoms with van der Waals surface area (Å²) in [5.41, 5.74) is 6.36. The number of aryl methyl sites for hydroxylation is 1. The quantitative estimate of drug-likeness (QED) is 0.253. The molecule has 194 valence electrons. The van der Waals surface area contributed by atoms with Gasteiger partial charge < -0.3 is 19.5 Å². The van der Waals surface area contributed by atoms with Crippen LogP contribution >= 0.6 is 23.8 Å². The monoisotopic (exact) mass is 542 g/mol. The zero-order valence-electron chi connectivity index (χ0n) is 21.6. The fourth-order valence-corrected chi connectivity index (χ4v) is 6.49. The van der Waals surface area contributed by atoms with Gasteiger partial charge in [-0.2, -0.15) is 0 Å². The third-order valence-corrected chi connectivity index (χ3v) is 8.33. The molecule has 4 aromatic rings. The summed E-state index contributed by atoms with van der Waals surface area (Å²) in [6.07, 6.45) is 6.93. The van der Waals surface area contributed by atoms with Gasteiger partial charge in [-0.05, 0) is 112 Å². The molecule has 2 atom stereocenters. The molecule has 1 N–H and O–H groups in total. The standard InChI is InChI=1S/C31H31ClN4OS/c1-20-19-25(21(2)35(20)28-13-6-5-11-26(28)32)30-29(27-12-7-8-18-33-27)34-31(38)36(30)22-14-16-24(17-15-22)37-23-9-3-4-10-23/h5-8,11-19,23,29-30H,3-4,9-10H2,1-2H3,(H,34,38)/t29-,30-/m0/s1. The highest BCUT2D eigenvalue weighted by Gasteiger charge is 2.42. The minimum absolute atomic E-state index is 0.0959. The second kappa shape index (κ2) is 10.4. The van der Waals surface area contributed by atoms with Crippen molar-refractivity contribution in [3.63, 3.8) is 0 Å². The van der Waals surface area contributed by atoms with Crippen molar-refractivity contribution in [3.05, 3.63) is 107 Å². The molecule has 1 saturated carbocycles. The van der Waals surface area contributed by atoms with E-state index in [-0.39, 0.29) is 12.1 Å². The van der Waals surface area contributed by atoms with Gasteiger partial charge in [-0.15, -0.1) is 0 Å². The highest BCUT2D eigenvalue weighted by molar-refractivity contribution is 7.80. The second-order valence-electron chi connectivity index (χ2n) is 10.1. The van der Waals surface area contributed by atoms with Gasteiger partial charge in [0.25, 0.3) is 0 Å². The topological polar surface area (TPSA) is 42.3 Å². The summed E-state index contributed by atoms with van der Waals surface area (Å²) in [5, 5.41) is 4.97. The molecule has 2 aliphatic rings. The van der Waals surface area contributed by atoms with Gasteiger partial charge in [-0.3, -0.25) is 4.98 Å². The van der Waals surface area contributed by atoms with Gasteiger partial charge >= 0.3 is 0 Å². The number of hydrogen-bond donors (Lipinski definition) is 1. The van der Waals surface area contributed by atoms with Crippen LogP contribution in [0.15, 0.2) is 79.0 Å². The molecule has 2 fully saturated rings. The van der Waals surface area contributed by atoms with E-state index >= 15 is 0 Å². The Kier molecular flexibility index (Phi) is 6.85. The normalized spacial score (nSPS) is 19.7. The molecule has 38 heavy (non-hydrogen) atoms. The number of thiocarbonyl (C=S) groups is 1. The number of pyridine rings is 1. The van der Waals surface area contributed by atoms with Gasteiger partial charge in [0, 0.05) is 23.3 Å². The van der Waals surface area contributed by atoms with E-state index in [2.05, 4.69) is 71.1 Å². The van der Waals surface area contributed by atoms with Gasteiger partial charge in [-0.25, -0.2) is 0 Å². The van der Waals surface area contributed by atoms with Gasteiger partial charge in [0.15, 0.2) is 5.11 Å². The van der Waals surface area contributed by atoms with Gasteiger partial charge in [0.05, 0.1) is 34.6 Å². The van der Waals surface area contributed by atoms with Crippen molar-refractivity contribution in [3.8, 4) is 11.4 Å². The maximum absolute atomic E-state index is 6.63. The number of aromatic nitrogens is 2. The number of benzene rings is 2. The van der Waals surface area contributed by atoms with Gasteiger partial charge in [0.2, 0.25) is 0 Å². The Balaban J connectivity index is 1.42. The Morgan fingerprint density at radius 2 is 1.71 bits per heavy atom. The summed E-state index contributed by atoms with van der Waals surface area (Å²) in [6.45, 7) is 4.27. The Morgan fingerprint density at radius 3 is 2.42 bits per heavy atom. The van der Waals surface area contributed by atoms with Gasteiger partial charge in [-0.1, -0.05) is 29.8 Å². The zero-order chi connectivity index (χ0) is 26.2. The minimum atomic E-state index is -0.113. The zero-order valence-corrected chi connectivity index (χ0v) is 23.2. The Bertz CT molecular complexity index is 1450. The van der Waals surface area contributed by atoms with Crippen molar-refractivity contribution in [2.24, 2.45) is 0 Å². The van der Waals surface area contributed by atoms with Crippen LogP contribution in [0.5, 0.6) is 5.75 Å². The van der Waals surface area contributed by atoms with Crippen LogP contribution < -0.4 is 15.0 Å². The molecule has 0 radical (unpaired) electrons. The number of rotatable bonds is 6. The molecular formula is C31H31ClN4OS. The lowest BCUT2D eigenvalue weighted by Gasteiger charge is -2.28. The van der Waals surface area contributed by atoms with Crippen LogP contribution in [0, 0.1) is 13.8 Å². The van der Waals surface area contributed by atoms with E-state index in [0.29, 0.717) is 11.2 Å². The summed E-state index contributed by atoms with van der Waals surface area (Å²) in [6, 6.07) is 24.4. The average Bonchev–Trinajstić information content (AvgIpc) is 3.63. The number of hydrogen-bond acceptors (Lipinski definition) is 3. The van der Waals surface area contributed by atoms with E-state index in [1.54, 1.807) is 0 Å². The molecule has 0 bridgehead atoms. The maximum Gasteiger partial charge on any atom is 0.174 e. The maximum atomic E-state index is 6.63. The fraction of sp³-hybridized carbons (Fsp3) is 0.290. The Morgan fingerprint density at radius 1 is 0.974 bits per heavy atom. The molecule has 0 amide bonds. The molecule has 2 aromatic heterocycles. The van der Waals surface area contributed by atoms with Crippen LogP contribution in [0.1, 0.15) is 60.4 Å². The molecule has 0 unspecified atom stereocenters. The number of nitrogens with one attached hydrogen (secondary N) is 1. The lowest BCUT2D eigenvalue weighted by atomic mass is 9.96. The second-order valence-corrected chi connectivity index (χ2v) is 10.9. The van der Waals surface area contributed by atoms with Crippen LogP contribution in [-0.2, 0) is 0 Å². The average molecular weight is 543 g/mol. The first-order valence-electron chi connectivity index (χ1n) is 13.2. The van der Waals surface area contributed by atoms with Crippen molar-refractivity contribution in [1.29, 1.82) is 0 Å². The van der Waals surface area contributed by atoms with Crippen molar-refractivity contribution in [2.45, 2.75) is 57.7 Å². The Labute approximate surface area is 234 Å². The van der Waals surface area contributed by atoms with Crippen LogP contribution in [0.2, 0.25) is 5.02 Å².